The van der Waals surface area contributed by atoms with Crippen molar-refractivity contribution in [3.05, 3.63) is 0 Å². The van der Waals surface area contributed by atoms with Gasteiger partial charge in [0.2, 0.25) is 0 Å². The lowest BCUT2D eigenvalue weighted by atomic mass is 10.1. The van der Waals surface area contributed by atoms with Gasteiger partial charge in [0.05, 0.1) is 0 Å². The van der Waals surface area contributed by atoms with Crippen LogP contribution in [-0.4, -0.2) is 56.4 Å². The van der Waals surface area contributed by atoms with Crippen molar-refractivity contribution >= 4 is 6.03 Å². The fraction of sp³-hybridized carbons (Fsp3) is 0.929. The van der Waals surface area contributed by atoms with Crippen molar-refractivity contribution < 1.29 is 9.53 Å². The van der Waals surface area contributed by atoms with E-state index in [0.717, 1.165) is 45.2 Å². The highest BCUT2D eigenvalue weighted by molar-refractivity contribution is 5.74. The van der Waals surface area contributed by atoms with Gasteiger partial charge in [0.15, 0.2) is 0 Å². The number of hydrogen-bond donors (Lipinski definition) is 2. The fourth-order valence-corrected chi connectivity index (χ4v) is 2.95. The first-order valence-corrected chi connectivity index (χ1v) is 7.58. The molecule has 2 fully saturated rings. The Balaban J connectivity index is 1.55. The molecule has 5 heteroatoms. The minimum absolute atomic E-state index is 0.0354. The molecule has 0 aromatic rings. The van der Waals surface area contributed by atoms with Crippen molar-refractivity contribution in [3.63, 3.8) is 0 Å². The van der Waals surface area contributed by atoms with Gasteiger partial charge in [-0.05, 0) is 32.7 Å². The Labute approximate surface area is 116 Å². The van der Waals surface area contributed by atoms with Crippen LogP contribution in [0.2, 0.25) is 0 Å². The van der Waals surface area contributed by atoms with Crippen molar-refractivity contribution in [1.29, 1.82) is 0 Å². The Morgan fingerprint density at radius 2 is 1.89 bits per heavy atom. The molecular formula is C14H27N3O2. The van der Waals surface area contributed by atoms with E-state index in [1.807, 2.05) is 0 Å². The number of rotatable bonds is 5. The van der Waals surface area contributed by atoms with Crippen molar-refractivity contribution in [1.82, 2.24) is 15.5 Å². The lowest BCUT2D eigenvalue weighted by Crippen LogP contribution is -2.46. The fourth-order valence-electron chi connectivity index (χ4n) is 2.95. The molecule has 0 bridgehead atoms. The molecule has 19 heavy (non-hydrogen) atoms. The molecule has 1 saturated carbocycles. The quantitative estimate of drug-likeness (QED) is 0.792. The number of carbonyl (C=O) groups excluding carboxylic acids is 1. The van der Waals surface area contributed by atoms with Crippen LogP contribution < -0.4 is 10.6 Å². The molecule has 2 aliphatic rings. The summed E-state index contributed by atoms with van der Waals surface area (Å²) in [5.74, 6) is 0. The van der Waals surface area contributed by atoms with Gasteiger partial charge in [-0.3, -0.25) is 0 Å². The molecule has 0 aromatic heterocycles. The van der Waals surface area contributed by atoms with Gasteiger partial charge in [0.25, 0.3) is 0 Å². The standard InChI is InChI=1S/C14H27N3O2/c1-17(13-4-2-3-5-13)9-8-15-14(18)16-12-6-10-19-11-7-12/h12-13H,2-11H2,1H3,(H2,15,16,18). The molecule has 2 N–H and O–H groups in total. The van der Waals surface area contributed by atoms with Gasteiger partial charge in [0.1, 0.15) is 0 Å². The highest BCUT2D eigenvalue weighted by Gasteiger charge is 2.19. The molecule has 0 radical (unpaired) electrons. The molecule has 0 atom stereocenters. The normalized spacial score (nSPS) is 21.8. The van der Waals surface area contributed by atoms with E-state index < -0.39 is 0 Å². The van der Waals surface area contributed by atoms with Crippen LogP contribution in [0.5, 0.6) is 0 Å². The van der Waals surface area contributed by atoms with E-state index >= 15 is 0 Å². The Bertz CT molecular complexity index is 274. The van der Waals surface area contributed by atoms with Crippen LogP contribution in [-0.2, 0) is 4.74 Å². The first kappa shape index (κ1) is 14.6. The van der Waals surface area contributed by atoms with Gasteiger partial charge < -0.3 is 20.3 Å². The smallest absolute Gasteiger partial charge is 0.315 e. The number of ether oxygens (including phenoxy) is 1. The van der Waals surface area contributed by atoms with Crippen molar-refractivity contribution in [2.24, 2.45) is 0 Å². The predicted molar refractivity (Wildman–Crippen MR) is 75.3 cm³/mol. The number of urea groups is 1. The molecule has 1 heterocycles. The Morgan fingerprint density at radius 3 is 2.58 bits per heavy atom. The molecule has 1 saturated heterocycles. The van der Waals surface area contributed by atoms with Gasteiger partial charge in [-0.25, -0.2) is 4.79 Å². The topological polar surface area (TPSA) is 53.6 Å². The van der Waals surface area contributed by atoms with Crippen LogP contribution in [0.1, 0.15) is 38.5 Å². The molecular weight excluding hydrogens is 242 g/mol. The Morgan fingerprint density at radius 1 is 1.21 bits per heavy atom. The number of carbonyl (C=O) groups is 1. The Hall–Kier alpha value is -0.810. The minimum Gasteiger partial charge on any atom is -0.381 e. The van der Waals surface area contributed by atoms with E-state index in [1.54, 1.807) is 0 Å². The number of amides is 2. The zero-order chi connectivity index (χ0) is 13.5. The van der Waals surface area contributed by atoms with Gasteiger partial charge in [-0.15, -0.1) is 0 Å². The number of nitrogens with one attached hydrogen (secondary N) is 2. The maximum atomic E-state index is 11.7. The number of nitrogens with zero attached hydrogens (tertiary/aromatic N) is 1. The van der Waals surface area contributed by atoms with Gasteiger partial charge in [-0.1, -0.05) is 12.8 Å². The number of hydrogen-bond acceptors (Lipinski definition) is 3. The zero-order valence-corrected chi connectivity index (χ0v) is 12.0. The average molecular weight is 269 g/mol. The zero-order valence-electron chi connectivity index (χ0n) is 12.0. The van der Waals surface area contributed by atoms with E-state index in [4.69, 9.17) is 4.74 Å². The Kier molecular flexibility index (Phi) is 5.92. The summed E-state index contributed by atoms with van der Waals surface area (Å²) in [5, 5.41) is 5.97. The molecule has 1 aliphatic carbocycles. The SMILES string of the molecule is CN(CCNC(=O)NC1CCOCC1)C1CCCC1. The van der Waals surface area contributed by atoms with E-state index in [0.29, 0.717) is 0 Å². The van der Waals surface area contributed by atoms with Crippen LogP contribution in [0.15, 0.2) is 0 Å². The maximum absolute atomic E-state index is 11.7. The number of likely N-dealkylation sites (N-methyl/N-ethyl adjacent to an activating group) is 1. The second kappa shape index (κ2) is 7.70. The summed E-state index contributed by atoms with van der Waals surface area (Å²) in [4.78, 5) is 14.1. The molecule has 0 unspecified atom stereocenters. The molecule has 0 spiro atoms. The van der Waals surface area contributed by atoms with Gasteiger partial charge in [0, 0.05) is 38.4 Å². The van der Waals surface area contributed by atoms with Gasteiger partial charge >= 0.3 is 6.03 Å². The summed E-state index contributed by atoms with van der Waals surface area (Å²) < 4.78 is 5.27. The highest BCUT2D eigenvalue weighted by atomic mass is 16.5. The average Bonchev–Trinajstić information content (AvgIpc) is 2.93. The van der Waals surface area contributed by atoms with Crippen LogP contribution >= 0.6 is 0 Å². The first-order chi connectivity index (χ1) is 9.25. The first-order valence-electron chi connectivity index (χ1n) is 7.58. The van der Waals surface area contributed by atoms with Crippen molar-refractivity contribution in [2.75, 3.05) is 33.4 Å². The lowest BCUT2D eigenvalue weighted by molar-refractivity contribution is 0.0800. The third-order valence-corrected chi connectivity index (χ3v) is 4.25. The largest absolute Gasteiger partial charge is 0.381 e. The predicted octanol–water partition coefficient (Wildman–Crippen LogP) is 1.34. The summed E-state index contributed by atoms with van der Waals surface area (Å²) in [7, 11) is 2.16. The summed E-state index contributed by atoms with van der Waals surface area (Å²) in [6, 6.07) is 0.966. The van der Waals surface area contributed by atoms with Crippen LogP contribution in [0, 0.1) is 0 Å². The lowest BCUT2D eigenvalue weighted by Gasteiger charge is -2.25. The summed E-state index contributed by atoms with van der Waals surface area (Å²) >= 11 is 0. The highest BCUT2D eigenvalue weighted by Crippen LogP contribution is 2.21. The van der Waals surface area contributed by atoms with Crippen LogP contribution in [0.4, 0.5) is 4.79 Å². The molecule has 2 rings (SSSR count). The third kappa shape index (κ3) is 4.99. The van der Waals surface area contributed by atoms with Crippen LogP contribution in [0.3, 0.4) is 0 Å². The monoisotopic (exact) mass is 269 g/mol. The minimum atomic E-state index is -0.0354. The third-order valence-electron chi connectivity index (χ3n) is 4.25. The molecule has 110 valence electrons. The van der Waals surface area contributed by atoms with E-state index in [9.17, 15) is 4.79 Å². The summed E-state index contributed by atoms with van der Waals surface area (Å²) in [6.45, 7) is 3.18. The van der Waals surface area contributed by atoms with Crippen molar-refractivity contribution in [3.8, 4) is 0 Å². The molecule has 5 nitrogen and oxygen atoms in total. The molecule has 0 aromatic carbocycles. The van der Waals surface area contributed by atoms with Crippen LogP contribution in [0.25, 0.3) is 0 Å². The summed E-state index contributed by atoms with van der Waals surface area (Å²) in [6.07, 6.45) is 7.18. The van der Waals surface area contributed by atoms with E-state index in [1.165, 1.54) is 25.7 Å². The van der Waals surface area contributed by atoms with E-state index in [-0.39, 0.29) is 12.1 Å². The van der Waals surface area contributed by atoms with E-state index in [2.05, 4.69) is 22.6 Å². The second-order valence-corrected chi connectivity index (χ2v) is 5.71. The summed E-state index contributed by atoms with van der Waals surface area (Å²) in [5.41, 5.74) is 0. The van der Waals surface area contributed by atoms with Crippen molar-refractivity contribution in [2.45, 2.75) is 50.6 Å². The molecule has 2 amide bonds. The van der Waals surface area contributed by atoms with Gasteiger partial charge in [-0.2, -0.15) is 0 Å². The second-order valence-electron chi connectivity index (χ2n) is 5.71. The maximum Gasteiger partial charge on any atom is 0.315 e. The molecule has 1 aliphatic heterocycles.